The van der Waals surface area contributed by atoms with Gasteiger partial charge in [-0.05, 0) is 43.1 Å². The highest BCUT2D eigenvalue weighted by Crippen LogP contribution is 2.30. The zero-order chi connectivity index (χ0) is 10.4. The fraction of sp³-hybridized carbons (Fsp3) is 0.333. The van der Waals surface area contributed by atoms with Crippen molar-refractivity contribution in [2.75, 3.05) is 7.05 Å². The third-order valence-electron chi connectivity index (χ3n) is 3.25. The van der Waals surface area contributed by atoms with Crippen molar-refractivity contribution in [1.29, 1.82) is 0 Å². The topological polar surface area (TPSA) is 27.8 Å². The molecule has 0 spiro atoms. The number of hydrogen-bond acceptors (Lipinski definition) is 1. The largest absolute Gasteiger partial charge is 0.361 e. The standard InChI is InChI=1S/C12H13FN2/c1-14-10-3-7-2-9(13)5-11-12(7)8(4-10)6-15-11/h2,5-6,10,14-15H,3-4H2,1H3. The first-order valence-electron chi connectivity index (χ1n) is 5.23. The summed E-state index contributed by atoms with van der Waals surface area (Å²) in [5, 5.41) is 4.49. The van der Waals surface area contributed by atoms with Crippen LogP contribution in [0.3, 0.4) is 0 Å². The summed E-state index contributed by atoms with van der Waals surface area (Å²) in [4.78, 5) is 3.14. The molecule has 1 aliphatic rings. The van der Waals surface area contributed by atoms with E-state index in [0.29, 0.717) is 6.04 Å². The van der Waals surface area contributed by atoms with Crippen LogP contribution in [0.1, 0.15) is 11.1 Å². The van der Waals surface area contributed by atoms with Crippen molar-refractivity contribution in [3.63, 3.8) is 0 Å². The molecule has 1 heterocycles. The Balaban J connectivity index is 2.25. The minimum atomic E-state index is -0.150. The molecule has 0 aliphatic heterocycles. The second kappa shape index (κ2) is 3.07. The molecular formula is C12H13FN2. The van der Waals surface area contributed by atoms with Crippen LogP contribution in [0.25, 0.3) is 10.9 Å². The van der Waals surface area contributed by atoms with Crippen molar-refractivity contribution in [1.82, 2.24) is 10.3 Å². The molecule has 0 amide bonds. The lowest BCUT2D eigenvalue weighted by molar-refractivity contribution is 0.548. The average Bonchev–Trinajstić information content (AvgIpc) is 2.62. The second-order valence-electron chi connectivity index (χ2n) is 4.20. The van der Waals surface area contributed by atoms with Gasteiger partial charge in [0.05, 0.1) is 0 Å². The van der Waals surface area contributed by atoms with E-state index < -0.39 is 0 Å². The lowest BCUT2D eigenvalue weighted by atomic mass is 9.89. The summed E-state index contributed by atoms with van der Waals surface area (Å²) in [7, 11) is 1.96. The molecule has 2 nitrogen and oxygen atoms in total. The molecule has 15 heavy (non-hydrogen) atoms. The molecule has 2 N–H and O–H groups in total. The van der Waals surface area contributed by atoms with Gasteiger partial charge < -0.3 is 10.3 Å². The van der Waals surface area contributed by atoms with Crippen molar-refractivity contribution in [3.05, 3.63) is 35.3 Å². The Hall–Kier alpha value is -1.35. The molecule has 1 atom stereocenters. The van der Waals surface area contributed by atoms with Gasteiger partial charge in [-0.3, -0.25) is 0 Å². The minimum Gasteiger partial charge on any atom is -0.361 e. The van der Waals surface area contributed by atoms with Crippen molar-refractivity contribution >= 4 is 10.9 Å². The summed E-state index contributed by atoms with van der Waals surface area (Å²) in [6.07, 6.45) is 3.93. The highest BCUT2D eigenvalue weighted by atomic mass is 19.1. The van der Waals surface area contributed by atoms with E-state index in [4.69, 9.17) is 0 Å². The highest BCUT2D eigenvalue weighted by molar-refractivity contribution is 5.87. The smallest absolute Gasteiger partial charge is 0.125 e. The molecule has 0 bridgehead atoms. The van der Waals surface area contributed by atoms with E-state index in [0.717, 1.165) is 23.9 Å². The molecule has 3 rings (SSSR count). The van der Waals surface area contributed by atoms with Gasteiger partial charge in [-0.2, -0.15) is 0 Å². The van der Waals surface area contributed by atoms with Crippen molar-refractivity contribution in [3.8, 4) is 0 Å². The summed E-state index contributed by atoms with van der Waals surface area (Å²) in [6.45, 7) is 0. The maximum atomic E-state index is 13.3. The zero-order valence-corrected chi connectivity index (χ0v) is 8.60. The Morgan fingerprint density at radius 1 is 1.33 bits per heavy atom. The fourth-order valence-corrected chi connectivity index (χ4v) is 2.52. The van der Waals surface area contributed by atoms with Gasteiger partial charge in [0.25, 0.3) is 0 Å². The maximum absolute atomic E-state index is 13.3. The van der Waals surface area contributed by atoms with E-state index in [-0.39, 0.29) is 5.82 Å². The predicted octanol–water partition coefficient (Wildman–Crippen LogP) is 1.99. The van der Waals surface area contributed by atoms with Crippen LogP contribution in [0.2, 0.25) is 0 Å². The Bertz CT molecular complexity index is 516. The van der Waals surface area contributed by atoms with Gasteiger partial charge >= 0.3 is 0 Å². The third kappa shape index (κ3) is 1.27. The van der Waals surface area contributed by atoms with Gasteiger partial charge in [0.1, 0.15) is 5.82 Å². The molecule has 1 aromatic heterocycles. The van der Waals surface area contributed by atoms with E-state index in [2.05, 4.69) is 10.3 Å². The van der Waals surface area contributed by atoms with Gasteiger partial charge in [-0.25, -0.2) is 4.39 Å². The van der Waals surface area contributed by atoms with Gasteiger partial charge in [0, 0.05) is 23.1 Å². The molecular weight excluding hydrogens is 191 g/mol. The molecule has 2 aromatic rings. The number of aromatic nitrogens is 1. The number of halogens is 1. The van der Waals surface area contributed by atoms with E-state index >= 15 is 0 Å². The van der Waals surface area contributed by atoms with Crippen molar-refractivity contribution in [2.24, 2.45) is 0 Å². The number of aromatic amines is 1. The molecule has 1 aliphatic carbocycles. The van der Waals surface area contributed by atoms with Gasteiger partial charge in [-0.15, -0.1) is 0 Å². The lowest BCUT2D eigenvalue weighted by Crippen LogP contribution is -2.32. The lowest BCUT2D eigenvalue weighted by Gasteiger charge is -2.22. The minimum absolute atomic E-state index is 0.150. The molecule has 1 unspecified atom stereocenters. The molecule has 0 fully saturated rings. The Labute approximate surface area is 87.5 Å². The van der Waals surface area contributed by atoms with Crippen LogP contribution in [0.4, 0.5) is 4.39 Å². The van der Waals surface area contributed by atoms with Crippen molar-refractivity contribution < 1.29 is 4.39 Å². The quantitative estimate of drug-likeness (QED) is 0.730. The van der Waals surface area contributed by atoms with Crippen LogP contribution in [-0.4, -0.2) is 18.1 Å². The van der Waals surface area contributed by atoms with E-state index in [9.17, 15) is 4.39 Å². The summed E-state index contributed by atoms with van der Waals surface area (Å²) in [5.41, 5.74) is 3.34. The average molecular weight is 204 g/mol. The van der Waals surface area contributed by atoms with Gasteiger partial charge in [0.15, 0.2) is 0 Å². The van der Waals surface area contributed by atoms with E-state index in [1.807, 2.05) is 13.2 Å². The molecule has 78 valence electrons. The van der Waals surface area contributed by atoms with Crippen LogP contribution in [0.15, 0.2) is 18.3 Å². The predicted molar refractivity (Wildman–Crippen MR) is 58.5 cm³/mol. The Kier molecular flexibility index (Phi) is 1.83. The Morgan fingerprint density at radius 3 is 2.93 bits per heavy atom. The number of rotatable bonds is 1. The number of H-pyrrole nitrogens is 1. The Morgan fingerprint density at radius 2 is 2.13 bits per heavy atom. The fourth-order valence-electron chi connectivity index (χ4n) is 2.52. The number of nitrogens with one attached hydrogen (secondary N) is 2. The highest BCUT2D eigenvalue weighted by Gasteiger charge is 2.21. The third-order valence-corrected chi connectivity index (χ3v) is 3.25. The van der Waals surface area contributed by atoms with Crippen LogP contribution < -0.4 is 5.32 Å². The molecule has 0 saturated heterocycles. The SMILES string of the molecule is CNC1Cc2c[nH]c3cc(F)cc(c23)C1. The summed E-state index contributed by atoms with van der Waals surface area (Å²) in [6, 6.07) is 3.66. The van der Waals surface area contributed by atoms with Crippen LogP contribution in [0, 0.1) is 5.82 Å². The van der Waals surface area contributed by atoms with Crippen LogP contribution >= 0.6 is 0 Å². The molecule has 0 saturated carbocycles. The summed E-state index contributed by atoms with van der Waals surface area (Å²) >= 11 is 0. The van der Waals surface area contributed by atoms with Crippen molar-refractivity contribution in [2.45, 2.75) is 18.9 Å². The molecule has 0 radical (unpaired) electrons. The first-order valence-corrected chi connectivity index (χ1v) is 5.23. The zero-order valence-electron chi connectivity index (χ0n) is 8.60. The number of likely N-dealkylation sites (N-methyl/N-ethyl adjacent to an activating group) is 1. The first-order chi connectivity index (χ1) is 7.28. The van der Waals surface area contributed by atoms with Crippen LogP contribution in [-0.2, 0) is 12.8 Å². The van der Waals surface area contributed by atoms with Gasteiger partial charge in [-0.1, -0.05) is 0 Å². The van der Waals surface area contributed by atoms with E-state index in [1.54, 1.807) is 12.1 Å². The summed E-state index contributed by atoms with van der Waals surface area (Å²) < 4.78 is 13.3. The first kappa shape index (κ1) is 8.92. The number of benzene rings is 1. The molecule has 1 aromatic carbocycles. The monoisotopic (exact) mass is 204 g/mol. The second-order valence-corrected chi connectivity index (χ2v) is 4.20. The summed E-state index contributed by atoms with van der Waals surface area (Å²) in [5.74, 6) is -0.150. The normalized spacial score (nSPS) is 19.7. The molecule has 3 heteroatoms. The maximum Gasteiger partial charge on any atom is 0.125 e. The van der Waals surface area contributed by atoms with Crippen LogP contribution in [0.5, 0.6) is 0 Å². The number of hydrogen-bond donors (Lipinski definition) is 2. The van der Waals surface area contributed by atoms with Gasteiger partial charge in [0.2, 0.25) is 0 Å². The van der Waals surface area contributed by atoms with E-state index in [1.165, 1.54) is 10.9 Å².